The van der Waals surface area contributed by atoms with Gasteiger partial charge in [-0.05, 0) is 13.0 Å². The quantitative estimate of drug-likeness (QED) is 0.468. The standard InChI is InChI=1S/C13H16N2O5/c1-4-20-13(16)7-9(2)14-11-8-10(15(17)18)5-6-12(11)19-3/h5-6,8,14H,2,4,7H2,1,3H3. The van der Waals surface area contributed by atoms with Crippen molar-refractivity contribution in [3.63, 3.8) is 0 Å². The van der Waals surface area contributed by atoms with E-state index < -0.39 is 10.9 Å². The highest BCUT2D eigenvalue weighted by Crippen LogP contribution is 2.30. The summed E-state index contributed by atoms with van der Waals surface area (Å²) >= 11 is 0. The van der Waals surface area contributed by atoms with Crippen molar-refractivity contribution in [3.8, 4) is 5.75 Å². The van der Waals surface area contributed by atoms with E-state index in [-0.39, 0.29) is 18.7 Å². The third-order valence-corrected chi connectivity index (χ3v) is 2.37. The molecule has 0 radical (unpaired) electrons. The Labute approximate surface area is 116 Å². The number of benzene rings is 1. The maximum Gasteiger partial charge on any atom is 0.311 e. The molecule has 1 aromatic carbocycles. The summed E-state index contributed by atoms with van der Waals surface area (Å²) in [6.45, 7) is 5.67. The van der Waals surface area contributed by atoms with Crippen molar-refractivity contribution in [1.29, 1.82) is 0 Å². The molecule has 0 atom stereocenters. The normalized spacial score (nSPS) is 9.70. The Kier molecular flexibility index (Phi) is 5.52. The summed E-state index contributed by atoms with van der Waals surface area (Å²) < 4.78 is 9.88. The van der Waals surface area contributed by atoms with Gasteiger partial charge in [0.1, 0.15) is 5.75 Å². The van der Waals surface area contributed by atoms with Crippen LogP contribution in [0.25, 0.3) is 0 Å². The number of nitrogens with zero attached hydrogens (tertiary/aromatic N) is 1. The molecule has 0 saturated carbocycles. The van der Waals surface area contributed by atoms with E-state index in [2.05, 4.69) is 11.9 Å². The second kappa shape index (κ2) is 7.13. The second-order valence-corrected chi connectivity index (χ2v) is 3.85. The van der Waals surface area contributed by atoms with Crippen LogP contribution in [0.1, 0.15) is 13.3 Å². The number of rotatable bonds is 7. The molecule has 0 aromatic heterocycles. The third kappa shape index (κ3) is 4.27. The number of methoxy groups -OCH3 is 1. The van der Waals surface area contributed by atoms with Crippen LogP contribution in [0, 0.1) is 10.1 Å². The Morgan fingerprint density at radius 1 is 1.50 bits per heavy atom. The van der Waals surface area contributed by atoms with Gasteiger partial charge in [0, 0.05) is 17.8 Å². The molecule has 0 aliphatic heterocycles. The summed E-state index contributed by atoms with van der Waals surface area (Å²) in [7, 11) is 1.44. The minimum Gasteiger partial charge on any atom is -0.495 e. The van der Waals surface area contributed by atoms with Crippen LogP contribution in [-0.4, -0.2) is 24.6 Å². The number of hydrogen-bond donors (Lipinski definition) is 1. The summed E-state index contributed by atoms with van der Waals surface area (Å²) in [4.78, 5) is 21.5. The lowest BCUT2D eigenvalue weighted by Crippen LogP contribution is -2.09. The lowest BCUT2D eigenvalue weighted by molar-refractivity contribution is -0.384. The molecule has 1 aromatic rings. The Bertz CT molecular complexity index is 527. The number of carbonyl (C=O) groups excluding carboxylic acids is 1. The highest BCUT2D eigenvalue weighted by Gasteiger charge is 2.13. The Morgan fingerprint density at radius 3 is 2.75 bits per heavy atom. The summed E-state index contributed by atoms with van der Waals surface area (Å²) in [5.41, 5.74) is 0.649. The highest BCUT2D eigenvalue weighted by atomic mass is 16.6. The molecule has 0 aliphatic rings. The van der Waals surface area contributed by atoms with Gasteiger partial charge in [-0.1, -0.05) is 6.58 Å². The average Bonchev–Trinajstić information content (AvgIpc) is 2.38. The van der Waals surface area contributed by atoms with Crippen LogP contribution in [0.3, 0.4) is 0 Å². The van der Waals surface area contributed by atoms with E-state index in [1.54, 1.807) is 6.92 Å². The molecule has 108 valence electrons. The van der Waals surface area contributed by atoms with Crippen LogP contribution in [-0.2, 0) is 9.53 Å². The Balaban J connectivity index is 2.84. The first-order valence-corrected chi connectivity index (χ1v) is 5.90. The first-order chi connectivity index (χ1) is 9.47. The minimum atomic E-state index is -0.515. The zero-order chi connectivity index (χ0) is 15.1. The SMILES string of the molecule is C=C(CC(=O)OCC)Nc1cc([N+](=O)[O-])ccc1OC. The van der Waals surface area contributed by atoms with Crippen molar-refractivity contribution < 1.29 is 19.2 Å². The number of anilines is 1. The molecule has 1 N–H and O–H groups in total. The number of nitrogens with one attached hydrogen (secondary N) is 1. The van der Waals surface area contributed by atoms with Crippen molar-refractivity contribution in [1.82, 2.24) is 0 Å². The molecule has 20 heavy (non-hydrogen) atoms. The number of nitro groups is 1. The summed E-state index contributed by atoms with van der Waals surface area (Å²) in [6.07, 6.45) is -0.0281. The van der Waals surface area contributed by atoms with E-state index in [1.807, 2.05) is 0 Å². The molecule has 1 rings (SSSR count). The molecule has 7 nitrogen and oxygen atoms in total. The zero-order valence-corrected chi connectivity index (χ0v) is 11.3. The molecule has 0 heterocycles. The minimum absolute atomic E-state index is 0.0281. The molecule has 0 spiro atoms. The molecular formula is C13H16N2O5. The van der Waals surface area contributed by atoms with Crippen LogP contribution >= 0.6 is 0 Å². The Morgan fingerprint density at radius 2 is 2.20 bits per heavy atom. The average molecular weight is 280 g/mol. The summed E-state index contributed by atoms with van der Waals surface area (Å²) in [5, 5.41) is 13.6. The fraction of sp³-hybridized carbons (Fsp3) is 0.308. The molecular weight excluding hydrogens is 264 g/mol. The van der Waals surface area contributed by atoms with Crippen molar-refractivity contribution >= 4 is 17.3 Å². The monoisotopic (exact) mass is 280 g/mol. The molecule has 0 fully saturated rings. The van der Waals surface area contributed by atoms with E-state index in [0.29, 0.717) is 17.1 Å². The van der Waals surface area contributed by atoms with Gasteiger partial charge in [0.2, 0.25) is 0 Å². The maximum absolute atomic E-state index is 11.3. The number of non-ortho nitro benzene ring substituents is 1. The lowest BCUT2D eigenvalue weighted by atomic mass is 10.2. The van der Waals surface area contributed by atoms with Crippen LogP contribution in [0.15, 0.2) is 30.5 Å². The predicted molar refractivity (Wildman–Crippen MR) is 73.7 cm³/mol. The van der Waals surface area contributed by atoms with Gasteiger partial charge in [0.25, 0.3) is 5.69 Å². The summed E-state index contributed by atoms with van der Waals surface area (Å²) in [6, 6.07) is 4.12. The molecule has 0 bridgehead atoms. The predicted octanol–water partition coefficient (Wildman–Crippen LogP) is 2.48. The van der Waals surface area contributed by atoms with Crippen LogP contribution in [0.5, 0.6) is 5.75 Å². The van der Waals surface area contributed by atoms with Crippen molar-refractivity contribution in [3.05, 3.63) is 40.6 Å². The number of nitro benzene ring substituents is 1. The zero-order valence-electron chi connectivity index (χ0n) is 11.3. The van der Waals surface area contributed by atoms with Crippen LogP contribution < -0.4 is 10.1 Å². The fourth-order valence-electron chi connectivity index (χ4n) is 1.53. The molecule has 0 amide bonds. The maximum atomic E-state index is 11.3. The fourth-order valence-corrected chi connectivity index (χ4v) is 1.53. The van der Waals surface area contributed by atoms with Crippen LogP contribution in [0.2, 0.25) is 0 Å². The van der Waals surface area contributed by atoms with Gasteiger partial charge in [-0.3, -0.25) is 14.9 Å². The number of carbonyl (C=O) groups is 1. The number of esters is 1. The number of ether oxygens (including phenoxy) is 2. The van der Waals surface area contributed by atoms with Gasteiger partial charge in [-0.15, -0.1) is 0 Å². The van der Waals surface area contributed by atoms with Gasteiger partial charge < -0.3 is 14.8 Å². The lowest BCUT2D eigenvalue weighted by Gasteiger charge is -2.12. The van der Waals surface area contributed by atoms with E-state index >= 15 is 0 Å². The van der Waals surface area contributed by atoms with Gasteiger partial charge >= 0.3 is 5.97 Å². The largest absolute Gasteiger partial charge is 0.495 e. The van der Waals surface area contributed by atoms with Crippen LogP contribution in [0.4, 0.5) is 11.4 Å². The van der Waals surface area contributed by atoms with E-state index in [9.17, 15) is 14.9 Å². The summed E-state index contributed by atoms with van der Waals surface area (Å²) in [5.74, 6) is -0.00462. The third-order valence-electron chi connectivity index (χ3n) is 2.37. The topological polar surface area (TPSA) is 90.7 Å². The number of hydrogen-bond acceptors (Lipinski definition) is 6. The van der Waals surface area contributed by atoms with Gasteiger partial charge in [0.05, 0.1) is 30.7 Å². The molecule has 0 unspecified atom stereocenters. The van der Waals surface area contributed by atoms with Gasteiger partial charge in [-0.2, -0.15) is 0 Å². The van der Waals surface area contributed by atoms with Crippen molar-refractivity contribution in [2.24, 2.45) is 0 Å². The molecule has 0 aliphatic carbocycles. The van der Waals surface area contributed by atoms with E-state index in [0.717, 1.165) is 0 Å². The van der Waals surface area contributed by atoms with Crippen molar-refractivity contribution in [2.45, 2.75) is 13.3 Å². The molecule has 7 heteroatoms. The second-order valence-electron chi connectivity index (χ2n) is 3.85. The van der Waals surface area contributed by atoms with Gasteiger partial charge in [-0.25, -0.2) is 0 Å². The van der Waals surface area contributed by atoms with Gasteiger partial charge in [0.15, 0.2) is 0 Å². The van der Waals surface area contributed by atoms with E-state index in [4.69, 9.17) is 9.47 Å². The smallest absolute Gasteiger partial charge is 0.311 e. The van der Waals surface area contributed by atoms with Crippen molar-refractivity contribution in [2.75, 3.05) is 19.0 Å². The first-order valence-electron chi connectivity index (χ1n) is 5.90. The van der Waals surface area contributed by atoms with E-state index in [1.165, 1.54) is 25.3 Å². The molecule has 0 saturated heterocycles. The Hall–Kier alpha value is -2.57. The first kappa shape index (κ1) is 15.5. The highest BCUT2D eigenvalue weighted by molar-refractivity contribution is 5.74.